The average molecular weight is 461 g/mol. The van der Waals surface area contributed by atoms with Crippen LogP contribution < -0.4 is 10.6 Å². The molecule has 31 heavy (non-hydrogen) atoms. The van der Waals surface area contributed by atoms with Gasteiger partial charge in [0.15, 0.2) is 5.13 Å². The predicted octanol–water partition coefficient (Wildman–Crippen LogP) is 4.02. The highest BCUT2D eigenvalue weighted by Crippen LogP contribution is 2.33. The highest BCUT2D eigenvalue weighted by molar-refractivity contribution is 7.17. The third-order valence-corrected chi connectivity index (χ3v) is 7.16. The number of hydrogen-bond acceptors (Lipinski definition) is 4. The molecule has 0 saturated carbocycles. The van der Waals surface area contributed by atoms with E-state index in [0.29, 0.717) is 0 Å². The van der Waals surface area contributed by atoms with Crippen molar-refractivity contribution in [2.75, 3.05) is 37.6 Å². The lowest BCUT2D eigenvalue weighted by Crippen LogP contribution is -2.47. The standard InChI is InChI=1S/C23H25FN4OS.ClH/c1-25-19-7-6-16(14-20(19)26(2)23(25)29)8-9-27-10-12-28(13-11-27)18-4-3-5-21-17(18)15-22(24)30-21;/h3-7,14-15H,8-13H2,1-2H3;1H. The number of nitrogens with zero attached hydrogens (tertiary/aromatic N) is 4. The lowest BCUT2D eigenvalue weighted by Gasteiger charge is -2.36. The number of fused-ring (bicyclic) bond motifs is 2. The molecule has 0 radical (unpaired) electrons. The summed E-state index contributed by atoms with van der Waals surface area (Å²) in [5.41, 5.74) is 4.37. The van der Waals surface area contributed by atoms with Crippen molar-refractivity contribution in [2.24, 2.45) is 14.1 Å². The van der Waals surface area contributed by atoms with E-state index in [4.69, 9.17) is 0 Å². The first-order valence-electron chi connectivity index (χ1n) is 10.3. The van der Waals surface area contributed by atoms with E-state index in [1.54, 1.807) is 15.2 Å². The predicted molar refractivity (Wildman–Crippen MR) is 130 cm³/mol. The maximum Gasteiger partial charge on any atom is 0.328 e. The second kappa shape index (κ2) is 8.65. The van der Waals surface area contributed by atoms with Crippen LogP contribution in [0, 0.1) is 5.13 Å². The summed E-state index contributed by atoms with van der Waals surface area (Å²) in [5.74, 6) is 0. The molecule has 0 aliphatic carbocycles. The minimum Gasteiger partial charge on any atom is -0.368 e. The molecule has 5 nitrogen and oxygen atoms in total. The molecule has 0 spiro atoms. The maximum absolute atomic E-state index is 13.7. The zero-order valence-corrected chi connectivity index (χ0v) is 19.3. The minimum absolute atomic E-state index is 0. The van der Waals surface area contributed by atoms with Crippen LogP contribution in [-0.4, -0.2) is 46.8 Å². The Kier molecular flexibility index (Phi) is 6.10. The first-order chi connectivity index (χ1) is 14.5. The number of benzene rings is 2. The maximum atomic E-state index is 13.7. The van der Waals surface area contributed by atoms with Crippen molar-refractivity contribution in [3.63, 3.8) is 0 Å². The van der Waals surface area contributed by atoms with Gasteiger partial charge in [-0.15, -0.1) is 23.7 Å². The summed E-state index contributed by atoms with van der Waals surface area (Å²) in [5, 5.41) is 0.902. The van der Waals surface area contributed by atoms with Gasteiger partial charge in [0.1, 0.15) is 0 Å². The van der Waals surface area contributed by atoms with Crippen LogP contribution in [0.3, 0.4) is 0 Å². The van der Waals surface area contributed by atoms with E-state index >= 15 is 0 Å². The van der Waals surface area contributed by atoms with Crippen LogP contribution in [0.2, 0.25) is 0 Å². The van der Waals surface area contributed by atoms with Crippen molar-refractivity contribution in [3.05, 3.63) is 63.6 Å². The number of aromatic nitrogens is 2. The molecule has 4 aromatic rings. The van der Waals surface area contributed by atoms with Gasteiger partial charge in [0.05, 0.1) is 11.0 Å². The first-order valence-corrected chi connectivity index (χ1v) is 11.1. The molecule has 1 aliphatic rings. The van der Waals surface area contributed by atoms with Gasteiger partial charge in [-0.2, -0.15) is 4.39 Å². The summed E-state index contributed by atoms with van der Waals surface area (Å²) in [6.45, 7) is 4.88. The van der Waals surface area contributed by atoms with E-state index in [2.05, 4.69) is 28.0 Å². The molecule has 0 bridgehead atoms. The van der Waals surface area contributed by atoms with Gasteiger partial charge in [-0.1, -0.05) is 12.1 Å². The normalized spacial score (nSPS) is 15.0. The van der Waals surface area contributed by atoms with Crippen LogP contribution in [-0.2, 0) is 20.5 Å². The number of thiophene rings is 1. The fraction of sp³-hybridized carbons (Fsp3) is 0.348. The Bertz CT molecular complexity index is 1290. The van der Waals surface area contributed by atoms with Gasteiger partial charge in [-0.05, 0) is 42.3 Å². The van der Waals surface area contributed by atoms with Gasteiger partial charge < -0.3 is 4.90 Å². The number of anilines is 1. The van der Waals surface area contributed by atoms with Crippen LogP contribution in [0.4, 0.5) is 10.1 Å². The van der Waals surface area contributed by atoms with E-state index in [1.165, 1.54) is 16.9 Å². The Hall–Kier alpha value is -2.35. The van der Waals surface area contributed by atoms with Crippen LogP contribution in [0.1, 0.15) is 5.56 Å². The van der Waals surface area contributed by atoms with E-state index in [-0.39, 0.29) is 23.2 Å². The van der Waals surface area contributed by atoms with Gasteiger partial charge in [-0.25, -0.2) is 4.79 Å². The molecule has 0 atom stereocenters. The zero-order valence-electron chi connectivity index (χ0n) is 17.7. The summed E-state index contributed by atoms with van der Waals surface area (Å²) in [4.78, 5) is 17.0. The van der Waals surface area contributed by atoms with Crippen LogP contribution in [0.25, 0.3) is 21.1 Å². The number of halogens is 2. The van der Waals surface area contributed by atoms with E-state index in [9.17, 15) is 9.18 Å². The van der Waals surface area contributed by atoms with Gasteiger partial charge in [0.25, 0.3) is 0 Å². The van der Waals surface area contributed by atoms with Crippen molar-refractivity contribution >= 4 is 50.6 Å². The molecule has 0 amide bonds. The van der Waals surface area contributed by atoms with E-state index < -0.39 is 0 Å². The third-order valence-electron chi connectivity index (χ3n) is 6.27. The minimum atomic E-state index is -0.121. The smallest absolute Gasteiger partial charge is 0.328 e. The highest BCUT2D eigenvalue weighted by atomic mass is 35.5. The molecule has 2 aromatic heterocycles. The SMILES string of the molecule is Cl.Cn1c(=O)n(C)c2cc(CCN3CCN(c4cccc5sc(F)cc45)CC3)ccc21. The van der Waals surface area contributed by atoms with Crippen molar-refractivity contribution in [3.8, 4) is 0 Å². The van der Waals surface area contributed by atoms with E-state index in [0.717, 1.165) is 66.0 Å². The Morgan fingerprint density at radius 2 is 1.71 bits per heavy atom. The summed E-state index contributed by atoms with van der Waals surface area (Å²) < 4.78 is 18.1. The summed E-state index contributed by atoms with van der Waals surface area (Å²) in [6.07, 6.45) is 0.963. The lowest BCUT2D eigenvalue weighted by molar-refractivity contribution is 0.261. The topological polar surface area (TPSA) is 33.4 Å². The molecular formula is C23H26ClFN4OS. The molecule has 5 rings (SSSR count). The summed E-state index contributed by atoms with van der Waals surface area (Å²) in [6, 6.07) is 14.1. The molecule has 1 saturated heterocycles. The highest BCUT2D eigenvalue weighted by Gasteiger charge is 2.19. The lowest BCUT2D eigenvalue weighted by atomic mass is 10.1. The second-order valence-electron chi connectivity index (χ2n) is 8.04. The number of rotatable bonds is 4. The van der Waals surface area contributed by atoms with Gasteiger partial charge in [-0.3, -0.25) is 14.0 Å². The second-order valence-corrected chi connectivity index (χ2v) is 9.08. The number of aryl methyl sites for hydroxylation is 2. The van der Waals surface area contributed by atoms with Crippen LogP contribution >= 0.6 is 23.7 Å². The molecule has 0 N–H and O–H groups in total. The van der Waals surface area contributed by atoms with Gasteiger partial charge in [0.2, 0.25) is 0 Å². The Morgan fingerprint density at radius 1 is 0.968 bits per heavy atom. The fourth-order valence-electron chi connectivity index (χ4n) is 4.50. The number of hydrogen-bond donors (Lipinski definition) is 0. The van der Waals surface area contributed by atoms with Gasteiger partial charge in [0, 0.05) is 62.6 Å². The van der Waals surface area contributed by atoms with Crippen molar-refractivity contribution < 1.29 is 4.39 Å². The Morgan fingerprint density at radius 3 is 2.48 bits per heavy atom. The first kappa shape index (κ1) is 21.9. The zero-order chi connectivity index (χ0) is 20.8. The average Bonchev–Trinajstić information content (AvgIpc) is 3.25. The molecule has 1 fully saturated rings. The molecule has 3 heterocycles. The molecule has 1 aliphatic heterocycles. The fourth-order valence-corrected chi connectivity index (χ4v) is 5.30. The number of imidazole rings is 1. The molecule has 2 aromatic carbocycles. The van der Waals surface area contributed by atoms with Crippen LogP contribution in [0.5, 0.6) is 0 Å². The third kappa shape index (κ3) is 3.97. The van der Waals surface area contributed by atoms with Crippen molar-refractivity contribution in [1.29, 1.82) is 0 Å². The van der Waals surface area contributed by atoms with Crippen LogP contribution in [0.15, 0.2) is 47.3 Å². The Labute approximate surface area is 190 Å². The quantitative estimate of drug-likeness (QED) is 0.461. The largest absolute Gasteiger partial charge is 0.368 e. The molecular weight excluding hydrogens is 435 g/mol. The number of piperazine rings is 1. The van der Waals surface area contributed by atoms with Crippen molar-refractivity contribution in [1.82, 2.24) is 14.0 Å². The van der Waals surface area contributed by atoms with Gasteiger partial charge >= 0.3 is 5.69 Å². The Balaban J connectivity index is 0.00000231. The summed E-state index contributed by atoms with van der Waals surface area (Å²) in [7, 11) is 3.64. The molecule has 164 valence electrons. The van der Waals surface area contributed by atoms with Crippen molar-refractivity contribution in [2.45, 2.75) is 6.42 Å². The summed E-state index contributed by atoms with van der Waals surface area (Å²) >= 11 is 1.21. The molecule has 0 unspecified atom stereocenters. The monoisotopic (exact) mass is 460 g/mol. The molecule has 8 heteroatoms. The van der Waals surface area contributed by atoms with E-state index in [1.807, 2.05) is 32.3 Å².